The van der Waals surface area contributed by atoms with Gasteiger partial charge < -0.3 is 10.2 Å². The summed E-state index contributed by atoms with van der Waals surface area (Å²) in [7, 11) is -0.794. The van der Waals surface area contributed by atoms with Gasteiger partial charge in [0.15, 0.2) is 9.84 Å². The molecule has 0 amide bonds. The normalized spacial score (nSPS) is 29.1. The van der Waals surface area contributed by atoms with E-state index in [1.807, 2.05) is 0 Å². The van der Waals surface area contributed by atoms with Gasteiger partial charge in [-0.2, -0.15) is 0 Å². The number of rotatable bonds is 4. The van der Waals surface area contributed by atoms with Gasteiger partial charge in [-0.3, -0.25) is 0 Å². The average Bonchev–Trinajstić information content (AvgIpc) is 2.39. The predicted molar refractivity (Wildman–Crippen MR) is 86.4 cm³/mol. The smallest absolute Gasteiger partial charge is 0.151 e. The molecule has 120 valence electrons. The summed E-state index contributed by atoms with van der Waals surface area (Å²) in [6, 6.07) is 0.235. The molecular formula is C14H29ClN2O2S. The van der Waals surface area contributed by atoms with E-state index in [1.54, 1.807) is 0 Å². The fourth-order valence-electron chi connectivity index (χ4n) is 3.69. The van der Waals surface area contributed by atoms with Crippen molar-refractivity contribution in [1.82, 2.24) is 10.2 Å². The first-order valence-corrected chi connectivity index (χ1v) is 9.54. The maximum Gasteiger partial charge on any atom is 0.151 e. The van der Waals surface area contributed by atoms with E-state index >= 15 is 0 Å². The molecule has 2 unspecified atom stereocenters. The van der Waals surface area contributed by atoms with Crippen molar-refractivity contribution in [1.29, 1.82) is 0 Å². The zero-order chi connectivity index (χ0) is 13.9. The minimum atomic E-state index is -2.91. The van der Waals surface area contributed by atoms with E-state index in [0.717, 1.165) is 44.8 Å². The molecule has 0 aromatic heterocycles. The number of piperidine rings is 1. The highest BCUT2D eigenvalue weighted by Crippen LogP contribution is 2.28. The molecule has 2 rings (SSSR count). The Morgan fingerprint density at radius 3 is 2.30 bits per heavy atom. The standard InChI is InChI=1S/C14H28N2O2S.ClH/c1-16(11-12-7-9-15-10-8-12)13-5-3-4-6-14(13)19(2,17)18;/h12-15H,3-11H2,1-2H3;1H. The van der Waals surface area contributed by atoms with Crippen molar-refractivity contribution >= 4 is 22.2 Å². The van der Waals surface area contributed by atoms with E-state index in [4.69, 9.17) is 0 Å². The molecule has 1 saturated carbocycles. The maximum atomic E-state index is 12.0. The molecule has 2 fully saturated rings. The van der Waals surface area contributed by atoms with Gasteiger partial charge in [-0.1, -0.05) is 12.8 Å². The van der Waals surface area contributed by atoms with E-state index in [0.29, 0.717) is 0 Å². The van der Waals surface area contributed by atoms with Crippen molar-refractivity contribution in [2.45, 2.75) is 49.8 Å². The van der Waals surface area contributed by atoms with Crippen LogP contribution in [0.4, 0.5) is 0 Å². The Bertz CT molecular complexity index is 383. The van der Waals surface area contributed by atoms with Gasteiger partial charge in [0.05, 0.1) is 5.25 Å². The van der Waals surface area contributed by atoms with Crippen LogP contribution in [-0.4, -0.2) is 57.5 Å². The second-order valence-electron chi connectivity index (χ2n) is 6.35. The molecule has 1 heterocycles. The second-order valence-corrected chi connectivity index (χ2v) is 8.62. The summed E-state index contributed by atoms with van der Waals surface area (Å²) in [5, 5.41) is 3.24. The van der Waals surface area contributed by atoms with Crippen LogP contribution in [0.5, 0.6) is 0 Å². The van der Waals surface area contributed by atoms with Gasteiger partial charge in [0.1, 0.15) is 0 Å². The number of nitrogens with one attached hydrogen (secondary N) is 1. The van der Waals surface area contributed by atoms with Gasteiger partial charge in [0, 0.05) is 18.8 Å². The molecule has 2 atom stereocenters. The van der Waals surface area contributed by atoms with Crippen LogP contribution in [0.3, 0.4) is 0 Å². The molecule has 1 aliphatic heterocycles. The third-order valence-electron chi connectivity index (χ3n) is 4.79. The van der Waals surface area contributed by atoms with E-state index in [9.17, 15) is 8.42 Å². The van der Waals surface area contributed by atoms with E-state index in [1.165, 1.54) is 25.5 Å². The van der Waals surface area contributed by atoms with Crippen LogP contribution in [0.1, 0.15) is 38.5 Å². The maximum absolute atomic E-state index is 12.0. The molecule has 1 N–H and O–H groups in total. The fourth-order valence-corrected chi connectivity index (χ4v) is 5.20. The largest absolute Gasteiger partial charge is 0.317 e. The van der Waals surface area contributed by atoms with Crippen molar-refractivity contribution in [3.05, 3.63) is 0 Å². The van der Waals surface area contributed by atoms with E-state index in [2.05, 4.69) is 17.3 Å². The van der Waals surface area contributed by atoms with Crippen LogP contribution in [-0.2, 0) is 9.84 Å². The minimum absolute atomic E-state index is 0. The van der Waals surface area contributed by atoms with Crippen molar-refractivity contribution in [2.24, 2.45) is 5.92 Å². The summed E-state index contributed by atoms with van der Waals surface area (Å²) in [5.41, 5.74) is 0. The molecule has 1 aliphatic carbocycles. The van der Waals surface area contributed by atoms with Crippen LogP contribution < -0.4 is 5.32 Å². The molecule has 0 aromatic carbocycles. The zero-order valence-electron chi connectivity index (χ0n) is 12.7. The molecule has 0 radical (unpaired) electrons. The first kappa shape index (κ1) is 18.2. The first-order valence-electron chi connectivity index (χ1n) is 7.58. The monoisotopic (exact) mass is 324 g/mol. The van der Waals surface area contributed by atoms with Crippen LogP contribution >= 0.6 is 12.4 Å². The number of halogens is 1. The van der Waals surface area contributed by atoms with Crippen LogP contribution in [0.25, 0.3) is 0 Å². The number of hydrogen-bond donors (Lipinski definition) is 1. The van der Waals surface area contributed by atoms with Crippen molar-refractivity contribution < 1.29 is 8.42 Å². The zero-order valence-corrected chi connectivity index (χ0v) is 14.3. The first-order chi connectivity index (χ1) is 8.98. The highest BCUT2D eigenvalue weighted by atomic mass is 35.5. The number of nitrogens with zero attached hydrogens (tertiary/aromatic N) is 1. The molecular weight excluding hydrogens is 296 g/mol. The third kappa shape index (κ3) is 4.86. The van der Waals surface area contributed by atoms with Gasteiger partial charge in [0.25, 0.3) is 0 Å². The van der Waals surface area contributed by atoms with E-state index in [-0.39, 0.29) is 23.7 Å². The summed E-state index contributed by atoms with van der Waals surface area (Å²) in [6.45, 7) is 3.27. The summed E-state index contributed by atoms with van der Waals surface area (Å²) in [4.78, 5) is 2.33. The summed E-state index contributed by atoms with van der Waals surface area (Å²) >= 11 is 0. The second kappa shape index (κ2) is 7.97. The molecule has 0 bridgehead atoms. The predicted octanol–water partition coefficient (Wildman–Crippen LogP) is 1.70. The minimum Gasteiger partial charge on any atom is -0.317 e. The number of hydrogen-bond acceptors (Lipinski definition) is 4. The molecule has 6 heteroatoms. The van der Waals surface area contributed by atoms with Gasteiger partial charge >= 0.3 is 0 Å². The molecule has 0 aromatic rings. The Morgan fingerprint density at radius 2 is 1.70 bits per heavy atom. The van der Waals surface area contributed by atoms with E-state index < -0.39 is 9.84 Å². The highest BCUT2D eigenvalue weighted by molar-refractivity contribution is 7.91. The number of sulfone groups is 1. The Labute approximate surface area is 130 Å². The summed E-state index contributed by atoms with van der Waals surface area (Å²) in [5.74, 6) is 0.730. The topological polar surface area (TPSA) is 49.4 Å². The average molecular weight is 325 g/mol. The Balaban J connectivity index is 0.00000200. The fraction of sp³-hybridized carbons (Fsp3) is 1.00. The van der Waals surface area contributed by atoms with Crippen molar-refractivity contribution in [2.75, 3.05) is 32.9 Å². The lowest BCUT2D eigenvalue weighted by atomic mass is 9.91. The van der Waals surface area contributed by atoms with Gasteiger partial charge in [-0.15, -0.1) is 12.4 Å². The van der Waals surface area contributed by atoms with Gasteiger partial charge in [-0.05, 0) is 51.7 Å². The Kier molecular flexibility index (Phi) is 7.25. The Hall–Kier alpha value is 0.160. The molecule has 4 nitrogen and oxygen atoms in total. The van der Waals surface area contributed by atoms with Crippen LogP contribution in [0, 0.1) is 5.92 Å². The quantitative estimate of drug-likeness (QED) is 0.855. The van der Waals surface area contributed by atoms with Gasteiger partial charge in [-0.25, -0.2) is 8.42 Å². The van der Waals surface area contributed by atoms with Crippen molar-refractivity contribution in [3.63, 3.8) is 0 Å². The molecule has 0 spiro atoms. The SMILES string of the molecule is CN(CC1CCNCC1)C1CCCCC1S(C)(=O)=O.Cl. The molecule has 1 saturated heterocycles. The van der Waals surface area contributed by atoms with Crippen LogP contribution in [0.15, 0.2) is 0 Å². The molecule has 20 heavy (non-hydrogen) atoms. The lowest BCUT2D eigenvalue weighted by molar-refractivity contribution is 0.155. The summed E-state index contributed by atoms with van der Waals surface area (Å²) in [6.07, 6.45) is 7.98. The third-order valence-corrected chi connectivity index (χ3v) is 6.44. The summed E-state index contributed by atoms with van der Waals surface area (Å²) < 4.78 is 23.9. The van der Waals surface area contributed by atoms with Gasteiger partial charge in [0.2, 0.25) is 0 Å². The highest BCUT2D eigenvalue weighted by Gasteiger charge is 2.35. The van der Waals surface area contributed by atoms with Crippen LogP contribution in [0.2, 0.25) is 0 Å². The lowest BCUT2D eigenvalue weighted by Gasteiger charge is -2.39. The lowest BCUT2D eigenvalue weighted by Crippen LogP contribution is -2.49. The van der Waals surface area contributed by atoms with Crippen molar-refractivity contribution in [3.8, 4) is 0 Å². The Morgan fingerprint density at radius 1 is 1.10 bits per heavy atom. The molecule has 2 aliphatic rings.